The van der Waals surface area contributed by atoms with E-state index >= 15 is 0 Å². The zero-order valence-corrected chi connectivity index (χ0v) is 9.01. The number of alkyl halides is 3. The summed E-state index contributed by atoms with van der Waals surface area (Å²) in [7, 11) is 0. The standard InChI is InChI=1S/C11H16F3N/c1-6(2)10-3-7(12)5-15(10)9-8(4-10)11(9,13)14/h6-9H,3-5H2,1-2H3. The zero-order chi connectivity index (χ0) is 11.0. The minimum absolute atomic E-state index is 0.217. The fourth-order valence-electron chi connectivity index (χ4n) is 3.78. The lowest BCUT2D eigenvalue weighted by atomic mass is 9.81. The molecule has 0 aromatic carbocycles. The van der Waals surface area contributed by atoms with E-state index in [0.717, 1.165) is 0 Å². The highest BCUT2D eigenvalue weighted by molar-refractivity contribution is 5.26. The number of fused-ring (bicyclic) bond motifs is 3. The van der Waals surface area contributed by atoms with E-state index in [9.17, 15) is 13.2 Å². The van der Waals surface area contributed by atoms with E-state index in [1.807, 2.05) is 13.8 Å². The second kappa shape index (κ2) is 2.53. The highest BCUT2D eigenvalue weighted by atomic mass is 19.3. The minimum atomic E-state index is -2.54. The quantitative estimate of drug-likeness (QED) is 0.654. The van der Waals surface area contributed by atoms with Crippen LogP contribution in [0.2, 0.25) is 0 Å². The Balaban J connectivity index is 1.92. The lowest BCUT2D eigenvalue weighted by Crippen LogP contribution is -2.48. The second-order valence-electron chi connectivity index (χ2n) is 5.64. The van der Waals surface area contributed by atoms with Gasteiger partial charge in [0.05, 0.1) is 6.04 Å². The number of hydrogen-bond donors (Lipinski definition) is 0. The summed E-state index contributed by atoms with van der Waals surface area (Å²) in [5.74, 6) is -2.77. The molecule has 2 aliphatic heterocycles. The molecule has 3 rings (SSSR count). The number of halogens is 3. The van der Waals surface area contributed by atoms with Gasteiger partial charge in [-0.2, -0.15) is 0 Å². The topological polar surface area (TPSA) is 3.24 Å². The first-order valence-electron chi connectivity index (χ1n) is 5.68. The Morgan fingerprint density at radius 3 is 2.53 bits per heavy atom. The minimum Gasteiger partial charge on any atom is -0.285 e. The summed E-state index contributed by atoms with van der Waals surface area (Å²) in [5.41, 5.74) is -0.267. The number of piperidine rings is 1. The Hall–Kier alpha value is -0.250. The molecule has 0 aromatic rings. The van der Waals surface area contributed by atoms with Crippen LogP contribution in [0.25, 0.3) is 0 Å². The molecular formula is C11H16F3N. The van der Waals surface area contributed by atoms with Crippen LogP contribution in [0.5, 0.6) is 0 Å². The van der Waals surface area contributed by atoms with Gasteiger partial charge < -0.3 is 0 Å². The van der Waals surface area contributed by atoms with Gasteiger partial charge in [-0.3, -0.25) is 4.90 Å². The Kier molecular flexibility index (Phi) is 1.67. The second-order valence-corrected chi connectivity index (χ2v) is 5.64. The molecule has 3 fully saturated rings. The highest BCUT2D eigenvalue weighted by Crippen LogP contribution is 2.67. The molecule has 0 bridgehead atoms. The van der Waals surface area contributed by atoms with Crippen LogP contribution in [-0.4, -0.2) is 35.1 Å². The Bertz CT molecular complexity index is 304. The third-order valence-corrected chi connectivity index (χ3v) is 4.69. The first kappa shape index (κ1) is 9.94. The Morgan fingerprint density at radius 2 is 1.93 bits per heavy atom. The summed E-state index contributed by atoms with van der Waals surface area (Å²) in [6, 6.07) is -0.652. The van der Waals surface area contributed by atoms with Gasteiger partial charge in [0, 0.05) is 18.0 Å². The van der Waals surface area contributed by atoms with Crippen LogP contribution < -0.4 is 0 Å². The van der Waals surface area contributed by atoms with E-state index in [4.69, 9.17) is 0 Å². The van der Waals surface area contributed by atoms with Gasteiger partial charge in [-0.25, -0.2) is 13.2 Å². The van der Waals surface area contributed by atoms with E-state index in [2.05, 4.69) is 0 Å². The molecule has 4 heteroatoms. The normalized spacial score (nSPS) is 52.0. The highest BCUT2D eigenvalue weighted by Gasteiger charge is 2.80. The molecule has 0 spiro atoms. The first-order chi connectivity index (χ1) is 6.89. The van der Waals surface area contributed by atoms with Gasteiger partial charge in [0.25, 0.3) is 5.92 Å². The molecule has 2 saturated heterocycles. The Labute approximate surface area is 87.6 Å². The molecule has 4 unspecified atom stereocenters. The van der Waals surface area contributed by atoms with Crippen molar-refractivity contribution in [3.8, 4) is 0 Å². The Morgan fingerprint density at radius 1 is 1.27 bits per heavy atom. The molecule has 86 valence electrons. The maximum atomic E-state index is 13.4. The fraction of sp³-hybridized carbons (Fsp3) is 1.00. The largest absolute Gasteiger partial charge is 0.285 e. The molecule has 2 heterocycles. The average molecular weight is 219 g/mol. The first-order valence-corrected chi connectivity index (χ1v) is 5.68. The molecule has 1 saturated carbocycles. The number of nitrogens with zero attached hydrogens (tertiary/aromatic N) is 1. The van der Waals surface area contributed by atoms with Crippen LogP contribution in [0, 0.1) is 11.8 Å². The van der Waals surface area contributed by atoms with Crippen molar-refractivity contribution in [2.24, 2.45) is 11.8 Å². The van der Waals surface area contributed by atoms with Crippen molar-refractivity contribution in [2.75, 3.05) is 6.54 Å². The van der Waals surface area contributed by atoms with Crippen molar-refractivity contribution in [3.05, 3.63) is 0 Å². The molecule has 0 radical (unpaired) electrons. The van der Waals surface area contributed by atoms with Crippen LogP contribution in [0.15, 0.2) is 0 Å². The van der Waals surface area contributed by atoms with Crippen LogP contribution >= 0.6 is 0 Å². The predicted octanol–water partition coefficient (Wildman–Crippen LogP) is 2.46. The maximum absolute atomic E-state index is 13.4. The lowest BCUT2D eigenvalue weighted by Gasteiger charge is -2.39. The van der Waals surface area contributed by atoms with E-state index in [-0.39, 0.29) is 18.0 Å². The summed E-state index contributed by atoms with van der Waals surface area (Å²) in [5, 5.41) is 0. The lowest BCUT2D eigenvalue weighted by molar-refractivity contribution is -0.00444. The number of hydrogen-bond acceptors (Lipinski definition) is 1. The van der Waals surface area contributed by atoms with E-state index in [0.29, 0.717) is 12.8 Å². The van der Waals surface area contributed by atoms with Crippen molar-refractivity contribution in [1.29, 1.82) is 0 Å². The van der Waals surface area contributed by atoms with Gasteiger partial charge in [-0.15, -0.1) is 0 Å². The SMILES string of the molecule is CC(C)C12CC(F)CN1C1C(C2)C1(F)F. The van der Waals surface area contributed by atoms with Gasteiger partial charge in [-0.05, 0) is 18.8 Å². The molecule has 4 atom stereocenters. The van der Waals surface area contributed by atoms with Crippen molar-refractivity contribution in [1.82, 2.24) is 4.90 Å². The zero-order valence-electron chi connectivity index (χ0n) is 9.01. The van der Waals surface area contributed by atoms with E-state index < -0.39 is 24.1 Å². The molecule has 0 aromatic heterocycles. The van der Waals surface area contributed by atoms with Crippen LogP contribution in [0.4, 0.5) is 13.2 Å². The predicted molar refractivity (Wildman–Crippen MR) is 50.6 cm³/mol. The maximum Gasteiger partial charge on any atom is 0.268 e. The van der Waals surface area contributed by atoms with Gasteiger partial charge in [0.2, 0.25) is 0 Å². The smallest absolute Gasteiger partial charge is 0.268 e. The third-order valence-electron chi connectivity index (χ3n) is 4.69. The van der Waals surface area contributed by atoms with Crippen molar-refractivity contribution < 1.29 is 13.2 Å². The summed E-state index contributed by atoms with van der Waals surface area (Å²) in [4.78, 5) is 1.77. The van der Waals surface area contributed by atoms with E-state index in [1.54, 1.807) is 4.90 Å². The van der Waals surface area contributed by atoms with Crippen molar-refractivity contribution in [3.63, 3.8) is 0 Å². The molecule has 3 aliphatic rings. The van der Waals surface area contributed by atoms with Crippen molar-refractivity contribution in [2.45, 2.75) is 50.4 Å². The monoisotopic (exact) mass is 219 g/mol. The van der Waals surface area contributed by atoms with Gasteiger partial charge in [0.15, 0.2) is 0 Å². The fourth-order valence-corrected chi connectivity index (χ4v) is 3.78. The van der Waals surface area contributed by atoms with Crippen LogP contribution in [-0.2, 0) is 0 Å². The van der Waals surface area contributed by atoms with Gasteiger partial charge in [0.1, 0.15) is 6.17 Å². The third kappa shape index (κ3) is 0.992. The van der Waals surface area contributed by atoms with Crippen LogP contribution in [0.1, 0.15) is 26.7 Å². The van der Waals surface area contributed by atoms with E-state index in [1.165, 1.54) is 0 Å². The summed E-state index contributed by atoms with van der Waals surface area (Å²) >= 11 is 0. The van der Waals surface area contributed by atoms with Crippen molar-refractivity contribution >= 4 is 0 Å². The summed E-state index contributed by atoms with van der Waals surface area (Å²) in [6.45, 7) is 4.26. The van der Waals surface area contributed by atoms with Gasteiger partial charge >= 0.3 is 0 Å². The molecule has 15 heavy (non-hydrogen) atoms. The van der Waals surface area contributed by atoms with Crippen LogP contribution in [0.3, 0.4) is 0 Å². The molecule has 0 N–H and O–H groups in total. The average Bonchev–Trinajstić information content (AvgIpc) is 2.45. The number of rotatable bonds is 1. The summed E-state index contributed by atoms with van der Waals surface area (Å²) in [6.07, 6.45) is 0.0287. The molecule has 0 amide bonds. The molecule has 1 aliphatic carbocycles. The molecule has 1 nitrogen and oxygen atoms in total. The van der Waals surface area contributed by atoms with Gasteiger partial charge in [-0.1, -0.05) is 13.8 Å². The molecular weight excluding hydrogens is 203 g/mol. The summed E-state index contributed by atoms with van der Waals surface area (Å²) < 4.78 is 40.0.